The highest BCUT2D eigenvalue weighted by Gasteiger charge is 2.32. The Morgan fingerprint density at radius 2 is 1.92 bits per heavy atom. The van der Waals surface area contributed by atoms with E-state index in [0.717, 1.165) is 63.7 Å². The summed E-state index contributed by atoms with van der Waals surface area (Å²) in [5.74, 6) is 0.894. The van der Waals surface area contributed by atoms with Crippen molar-refractivity contribution in [1.29, 1.82) is 5.26 Å². The molecular weight excluding hydrogens is 329 g/mol. The molecule has 0 atom stereocenters. The standard InChI is InChI=1S/C22H28FNO2/c1-2-3-4-5-16-14-25-22(26-15-16)18-8-6-17(7-9-18)19-10-11-20(13-24)21(23)12-19/h2,10-12,16-18,22H,1,3-9,14-15H2/t16-,17-,18-,22-. The van der Waals surface area contributed by atoms with Crippen LogP contribution in [0.5, 0.6) is 0 Å². The Bertz CT molecular complexity index is 638. The lowest BCUT2D eigenvalue weighted by Crippen LogP contribution is -2.38. The van der Waals surface area contributed by atoms with Crippen LogP contribution in [0.15, 0.2) is 30.9 Å². The highest BCUT2D eigenvalue weighted by Crippen LogP contribution is 2.39. The smallest absolute Gasteiger partial charge is 0.160 e. The Labute approximate surface area is 155 Å². The fraction of sp³-hybridized carbons (Fsp3) is 0.591. The number of nitriles is 1. The van der Waals surface area contributed by atoms with Crippen molar-refractivity contribution in [3.05, 3.63) is 47.8 Å². The maximum atomic E-state index is 13.9. The van der Waals surface area contributed by atoms with Gasteiger partial charge in [0.2, 0.25) is 0 Å². The summed E-state index contributed by atoms with van der Waals surface area (Å²) in [6, 6.07) is 6.91. The summed E-state index contributed by atoms with van der Waals surface area (Å²) >= 11 is 0. The molecule has 1 aliphatic carbocycles. The van der Waals surface area contributed by atoms with Crippen LogP contribution in [0, 0.1) is 29.0 Å². The van der Waals surface area contributed by atoms with Gasteiger partial charge >= 0.3 is 0 Å². The van der Waals surface area contributed by atoms with Gasteiger partial charge in [0.15, 0.2) is 6.29 Å². The van der Waals surface area contributed by atoms with Crippen LogP contribution in [0.1, 0.15) is 62.0 Å². The molecule has 0 bridgehead atoms. The predicted molar refractivity (Wildman–Crippen MR) is 99.0 cm³/mol. The van der Waals surface area contributed by atoms with Crippen LogP contribution in [0.4, 0.5) is 4.39 Å². The summed E-state index contributed by atoms with van der Waals surface area (Å²) in [6.07, 6.45) is 9.34. The molecule has 0 amide bonds. The molecule has 1 saturated carbocycles. The molecule has 0 N–H and O–H groups in total. The topological polar surface area (TPSA) is 42.2 Å². The number of allylic oxidation sites excluding steroid dienone is 1. The average Bonchev–Trinajstić information content (AvgIpc) is 2.69. The third-order valence-electron chi connectivity index (χ3n) is 5.75. The van der Waals surface area contributed by atoms with Gasteiger partial charge in [-0.2, -0.15) is 5.26 Å². The van der Waals surface area contributed by atoms with E-state index in [4.69, 9.17) is 14.7 Å². The van der Waals surface area contributed by atoms with Gasteiger partial charge in [0, 0.05) is 11.8 Å². The fourth-order valence-electron chi connectivity index (χ4n) is 4.15. The van der Waals surface area contributed by atoms with Crippen molar-refractivity contribution < 1.29 is 13.9 Å². The second-order valence-corrected chi connectivity index (χ2v) is 7.58. The molecule has 140 valence electrons. The molecule has 1 saturated heterocycles. The Hall–Kier alpha value is -1.70. The molecule has 3 rings (SSSR count). The van der Waals surface area contributed by atoms with Gasteiger partial charge in [-0.3, -0.25) is 0 Å². The molecule has 2 aliphatic rings. The lowest BCUT2D eigenvalue weighted by molar-refractivity contribution is -0.229. The second kappa shape index (κ2) is 9.30. The van der Waals surface area contributed by atoms with E-state index in [1.807, 2.05) is 18.2 Å². The lowest BCUT2D eigenvalue weighted by Gasteiger charge is -2.37. The molecule has 1 aromatic carbocycles. The second-order valence-electron chi connectivity index (χ2n) is 7.58. The average molecular weight is 357 g/mol. The van der Waals surface area contributed by atoms with E-state index in [2.05, 4.69) is 6.58 Å². The molecule has 2 fully saturated rings. The van der Waals surface area contributed by atoms with Gasteiger partial charge < -0.3 is 9.47 Å². The maximum absolute atomic E-state index is 13.9. The van der Waals surface area contributed by atoms with Gasteiger partial charge in [-0.05, 0) is 68.6 Å². The zero-order valence-corrected chi connectivity index (χ0v) is 15.3. The van der Waals surface area contributed by atoms with Crippen LogP contribution in [0.25, 0.3) is 0 Å². The zero-order chi connectivity index (χ0) is 18.4. The van der Waals surface area contributed by atoms with Crippen LogP contribution in [0.3, 0.4) is 0 Å². The third-order valence-corrected chi connectivity index (χ3v) is 5.75. The van der Waals surface area contributed by atoms with Crippen molar-refractivity contribution >= 4 is 0 Å². The molecule has 1 aromatic rings. The Balaban J connectivity index is 1.45. The van der Waals surface area contributed by atoms with Gasteiger partial charge in [0.1, 0.15) is 11.9 Å². The van der Waals surface area contributed by atoms with Crippen molar-refractivity contribution in [1.82, 2.24) is 0 Å². The van der Waals surface area contributed by atoms with Gasteiger partial charge in [-0.15, -0.1) is 6.58 Å². The number of halogens is 1. The first-order valence-corrected chi connectivity index (χ1v) is 9.75. The fourth-order valence-corrected chi connectivity index (χ4v) is 4.15. The van der Waals surface area contributed by atoms with Crippen LogP contribution in [-0.4, -0.2) is 19.5 Å². The van der Waals surface area contributed by atoms with E-state index in [1.54, 1.807) is 6.07 Å². The van der Waals surface area contributed by atoms with Crippen LogP contribution >= 0.6 is 0 Å². The number of benzene rings is 1. The first-order chi connectivity index (χ1) is 12.7. The summed E-state index contributed by atoms with van der Waals surface area (Å²) in [5.41, 5.74) is 1.13. The van der Waals surface area contributed by atoms with Crippen LogP contribution in [-0.2, 0) is 9.47 Å². The van der Waals surface area contributed by atoms with E-state index in [-0.39, 0.29) is 11.9 Å². The van der Waals surface area contributed by atoms with Gasteiger partial charge in [-0.1, -0.05) is 12.1 Å². The van der Waals surface area contributed by atoms with Crippen LogP contribution in [0.2, 0.25) is 0 Å². The maximum Gasteiger partial charge on any atom is 0.160 e. The molecule has 0 unspecified atom stereocenters. The number of rotatable bonds is 6. The first kappa shape index (κ1) is 19.1. The van der Waals surface area contributed by atoms with E-state index in [0.29, 0.717) is 17.8 Å². The van der Waals surface area contributed by atoms with Crippen molar-refractivity contribution in [2.24, 2.45) is 11.8 Å². The molecule has 0 aromatic heterocycles. The summed E-state index contributed by atoms with van der Waals surface area (Å²) in [5, 5.41) is 8.86. The predicted octanol–water partition coefficient (Wildman–Crippen LogP) is 5.32. The highest BCUT2D eigenvalue weighted by molar-refractivity contribution is 5.34. The van der Waals surface area contributed by atoms with E-state index in [9.17, 15) is 4.39 Å². The number of hydrogen-bond donors (Lipinski definition) is 0. The molecule has 4 heteroatoms. The van der Waals surface area contributed by atoms with Crippen molar-refractivity contribution in [3.63, 3.8) is 0 Å². The van der Waals surface area contributed by atoms with Gasteiger partial charge in [0.25, 0.3) is 0 Å². The first-order valence-electron chi connectivity index (χ1n) is 9.75. The van der Waals surface area contributed by atoms with Gasteiger partial charge in [0.05, 0.1) is 18.8 Å². The monoisotopic (exact) mass is 357 g/mol. The molecular formula is C22H28FNO2. The number of ether oxygens (including phenoxy) is 2. The van der Waals surface area contributed by atoms with Crippen molar-refractivity contribution in [2.45, 2.75) is 57.2 Å². The van der Waals surface area contributed by atoms with Crippen LogP contribution < -0.4 is 0 Å². The largest absolute Gasteiger partial charge is 0.352 e. The highest BCUT2D eigenvalue weighted by atomic mass is 19.1. The summed E-state index contributed by atoms with van der Waals surface area (Å²) in [4.78, 5) is 0. The summed E-state index contributed by atoms with van der Waals surface area (Å²) < 4.78 is 25.9. The molecule has 0 radical (unpaired) electrons. The minimum Gasteiger partial charge on any atom is -0.352 e. The van der Waals surface area contributed by atoms with Crippen molar-refractivity contribution in [2.75, 3.05) is 13.2 Å². The molecule has 0 spiro atoms. The van der Waals surface area contributed by atoms with E-state index in [1.165, 1.54) is 6.07 Å². The minimum atomic E-state index is -0.409. The normalized spacial score (nSPS) is 29.1. The van der Waals surface area contributed by atoms with Gasteiger partial charge in [-0.25, -0.2) is 4.39 Å². The number of nitrogens with zero attached hydrogens (tertiary/aromatic N) is 1. The molecule has 1 aliphatic heterocycles. The molecule has 26 heavy (non-hydrogen) atoms. The third kappa shape index (κ3) is 4.72. The molecule has 1 heterocycles. The molecule has 3 nitrogen and oxygen atoms in total. The Morgan fingerprint density at radius 3 is 2.54 bits per heavy atom. The quantitative estimate of drug-likeness (QED) is 0.511. The Morgan fingerprint density at radius 1 is 1.19 bits per heavy atom. The number of unbranched alkanes of at least 4 members (excludes halogenated alkanes) is 1. The number of hydrogen-bond acceptors (Lipinski definition) is 3. The Kier molecular flexibility index (Phi) is 6.82. The minimum absolute atomic E-state index is 0.0793. The lowest BCUT2D eigenvalue weighted by atomic mass is 9.78. The van der Waals surface area contributed by atoms with E-state index >= 15 is 0 Å². The zero-order valence-electron chi connectivity index (χ0n) is 15.3. The van der Waals surface area contributed by atoms with E-state index < -0.39 is 5.82 Å². The SMILES string of the molecule is C=CCCC[C@H]1CO[C@H]([C@H]2CC[C@H](c3ccc(C#N)c(F)c3)CC2)OC1. The van der Waals surface area contributed by atoms with Crippen molar-refractivity contribution in [3.8, 4) is 6.07 Å². The summed E-state index contributed by atoms with van der Waals surface area (Å²) in [7, 11) is 0. The summed E-state index contributed by atoms with van der Waals surface area (Å²) in [6.45, 7) is 5.35.